The molecule has 0 unspecified atom stereocenters. The molecule has 0 aromatic carbocycles. The van der Waals surface area contributed by atoms with E-state index >= 15 is 0 Å². The molecule has 0 aliphatic heterocycles. The van der Waals surface area contributed by atoms with E-state index in [9.17, 15) is 9.59 Å². The molecule has 16 heavy (non-hydrogen) atoms. The van der Waals surface area contributed by atoms with Crippen molar-refractivity contribution in [2.45, 2.75) is 40.0 Å². The molecular weight excluding hydrogens is 232 g/mol. The van der Waals surface area contributed by atoms with Gasteiger partial charge in [0.15, 0.2) is 0 Å². The summed E-state index contributed by atoms with van der Waals surface area (Å²) < 4.78 is 9.04. The van der Waals surface area contributed by atoms with Crippen molar-refractivity contribution in [3.8, 4) is 0 Å². The van der Waals surface area contributed by atoms with Gasteiger partial charge in [0.2, 0.25) is 0 Å². The molecule has 5 heteroatoms. The van der Waals surface area contributed by atoms with Crippen LogP contribution in [0.4, 0.5) is 0 Å². The Morgan fingerprint density at radius 1 is 1.00 bits per heavy atom. The summed E-state index contributed by atoms with van der Waals surface area (Å²) in [6.07, 6.45) is 2.08. The monoisotopic (exact) mass is 252 g/mol. The molecule has 0 bridgehead atoms. The van der Waals surface area contributed by atoms with Crippen LogP contribution in [-0.4, -0.2) is 31.0 Å². The number of hydrogen-bond acceptors (Lipinski definition) is 4. The Morgan fingerprint density at radius 3 is 1.62 bits per heavy atom. The third-order valence-corrected chi connectivity index (χ3v) is 1.65. The van der Waals surface area contributed by atoms with Crippen molar-refractivity contribution in [1.82, 2.24) is 0 Å². The van der Waals surface area contributed by atoms with Gasteiger partial charge in [0.05, 0.1) is 13.2 Å². The van der Waals surface area contributed by atoms with E-state index in [0.717, 1.165) is 12.3 Å². The van der Waals surface area contributed by atoms with E-state index in [1.54, 1.807) is 13.8 Å². The Balaban J connectivity index is 0. The lowest BCUT2D eigenvalue weighted by atomic mass is 10.4. The van der Waals surface area contributed by atoms with Gasteiger partial charge in [-0.15, -0.1) is 11.6 Å². The van der Waals surface area contributed by atoms with Crippen LogP contribution in [0.5, 0.6) is 0 Å². The summed E-state index contributed by atoms with van der Waals surface area (Å²) in [7, 11) is 0. The number of ether oxygens (including phenoxy) is 2. The molecule has 0 aromatic heterocycles. The van der Waals surface area contributed by atoms with Crippen LogP contribution < -0.4 is 0 Å². The quantitative estimate of drug-likeness (QED) is 0.414. The maximum absolute atomic E-state index is 10.6. The minimum atomic E-state index is -0.536. The van der Waals surface area contributed by atoms with Gasteiger partial charge in [0.25, 0.3) is 0 Å². The summed E-state index contributed by atoms with van der Waals surface area (Å²) in [5.41, 5.74) is 0. The van der Waals surface area contributed by atoms with Crippen LogP contribution in [-0.2, 0) is 19.1 Å². The summed E-state index contributed by atoms with van der Waals surface area (Å²) in [5.74, 6) is -0.256. The fraction of sp³-hybridized carbons (Fsp3) is 0.818. The minimum Gasteiger partial charge on any atom is -0.466 e. The molecule has 0 atom stereocenters. The van der Waals surface area contributed by atoms with Crippen LogP contribution in [0.1, 0.15) is 40.0 Å². The first-order valence-corrected chi connectivity index (χ1v) is 6.02. The molecule has 0 amide bonds. The first-order valence-electron chi connectivity index (χ1n) is 5.49. The van der Waals surface area contributed by atoms with Crippen molar-refractivity contribution in [1.29, 1.82) is 0 Å². The number of carbonyl (C=O) groups is 2. The number of rotatable bonds is 6. The fourth-order valence-electron chi connectivity index (χ4n) is 0.676. The highest BCUT2D eigenvalue weighted by molar-refractivity contribution is 6.17. The number of esters is 2. The molecule has 0 saturated carbocycles. The van der Waals surface area contributed by atoms with Gasteiger partial charge >= 0.3 is 11.9 Å². The molecule has 4 nitrogen and oxygen atoms in total. The standard InChI is InChI=1S/C7H12O4.C4H9Cl/c1-3-10-6(8)5-7(9)11-4-2;1-2-3-4-5/h3-5H2,1-2H3;2-4H2,1H3. The van der Waals surface area contributed by atoms with Gasteiger partial charge in [-0.25, -0.2) is 0 Å². The Labute approximate surface area is 102 Å². The second-order valence-corrected chi connectivity index (χ2v) is 3.21. The molecule has 0 N–H and O–H groups in total. The third-order valence-electron chi connectivity index (χ3n) is 1.39. The van der Waals surface area contributed by atoms with E-state index < -0.39 is 11.9 Å². The van der Waals surface area contributed by atoms with Crippen molar-refractivity contribution < 1.29 is 19.1 Å². The van der Waals surface area contributed by atoms with Crippen molar-refractivity contribution in [2.24, 2.45) is 0 Å². The van der Waals surface area contributed by atoms with Crippen LogP contribution in [0.15, 0.2) is 0 Å². The molecule has 0 spiro atoms. The zero-order valence-electron chi connectivity index (χ0n) is 10.3. The minimum absolute atomic E-state index is 0.290. The van der Waals surface area contributed by atoms with Crippen molar-refractivity contribution in [3.63, 3.8) is 0 Å². The predicted molar refractivity (Wildman–Crippen MR) is 63.5 cm³/mol. The number of carbonyl (C=O) groups excluding carboxylic acids is 2. The largest absolute Gasteiger partial charge is 0.466 e. The van der Waals surface area contributed by atoms with E-state index in [-0.39, 0.29) is 19.6 Å². The van der Waals surface area contributed by atoms with Crippen molar-refractivity contribution in [3.05, 3.63) is 0 Å². The van der Waals surface area contributed by atoms with Crippen molar-refractivity contribution in [2.75, 3.05) is 19.1 Å². The lowest BCUT2D eigenvalue weighted by Crippen LogP contribution is -2.13. The zero-order chi connectivity index (χ0) is 12.8. The van der Waals surface area contributed by atoms with Crippen LogP contribution in [0.2, 0.25) is 0 Å². The number of alkyl halides is 1. The van der Waals surface area contributed by atoms with Crippen LogP contribution in [0, 0.1) is 0 Å². The van der Waals surface area contributed by atoms with Crippen LogP contribution in [0.25, 0.3) is 0 Å². The van der Waals surface area contributed by atoms with Gasteiger partial charge in [-0.1, -0.05) is 13.3 Å². The molecule has 0 aliphatic rings. The Kier molecular flexibility index (Phi) is 15.7. The van der Waals surface area contributed by atoms with E-state index in [1.807, 2.05) is 0 Å². The van der Waals surface area contributed by atoms with Crippen molar-refractivity contribution >= 4 is 23.5 Å². The first-order chi connectivity index (χ1) is 7.62. The van der Waals surface area contributed by atoms with E-state index in [0.29, 0.717) is 0 Å². The Hall–Kier alpha value is -0.770. The van der Waals surface area contributed by atoms with E-state index in [2.05, 4.69) is 16.4 Å². The van der Waals surface area contributed by atoms with E-state index in [1.165, 1.54) is 6.42 Å². The van der Waals surface area contributed by atoms with Gasteiger partial charge in [0, 0.05) is 5.88 Å². The summed E-state index contributed by atoms with van der Waals surface area (Å²) in [6.45, 7) is 6.07. The second kappa shape index (κ2) is 14.2. The number of unbranched alkanes of at least 4 members (excludes halogenated alkanes) is 1. The highest BCUT2D eigenvalue weighted by Gasteiger charge is 2.09. The summed E-state index contributed by atoms with van der Waals surface area (Å²) in [5, 5.41) is 0. The lowest BCUT2D eigenvalue weighted by Gasteiger charge is -2.00. The highest BCUT2D eigenvalue weighted by Crippen LogP contribution is 1.89. The van der Waals surface area contributed by atoms with Crippen LogP contribution >= 0.6 is 11.6 Å². The van der Waals surface area contributed by atoms with Gasteiger partial charge < -0.3 is 9.47 Å². The second-order valence-electron chi connectivity index (χ2n) is 2.83. The van der Waals surface area contributed by atoms with E-state index in [4.69, 9.17) is 11.6 Å². The maximum atomic E-state index is 10.6. The molecule has 0 rings (SSSR count). The average Bonchev–Trinajstić information content (AvgIpc) is 2.20. The molecule has 0 aliphatic carbocycles. The highest BCUT2D eigenvalue weighted by atomic mass is 35.5. The Bertz CT molecular complexity index is 165. The maximum Gasteiger partial charge on any atom is 0.317 e. The van der Waals surface area contributed by atoms with Crippen LogP contribution in [0.3, 0.4) is 0 Å². The summed E-state index contributed by atoms with van der Waals surface area (Å²) in [4.78, 5) is 21.2. The summed E-state index contributed by atoms with van der Waals surface area (Å²) >= 11 is 5.30. The SMILES string of the molecule is CCCCCl.CCOC(=O)CC(=O)OCC. The van der Waals surface area contributed by atoms with Gasteiger partial charge in [0.1, 0.15) is 6.42 Å². The fourth-order valence-corrected chi connectivity index (χ4v) is 0.943. The molecule has 0 fully saturated rings. The summed E-state index contributed by atoms with van der Waals surface area (Å²) in [6, 6.07) is 0. The zero-order valence-corrected chi connectivity index (χ0v) is 11.0. The molecule has 96 valence electrons. The number of hydrogen-bond donors (Lipinski definition) is 0. The normalized spacial score (nSPS) is 8.75. The molecule has 0 heterocycles. The topological polar surface area (TPSA) is 52.6 Å². The molecule has 0 aromatic rings. The molecular formula is C11H21ClO4. The van der Waals surface area contributed by atoms with Gasteiger partial charge in [-0.3, -0.25) is 9.59 Å². The Morgan fingerprint density at radius 2 is 1.44 bits per heavy atom. The third kappa shape index (κ3) is 15.7. The molecule has 0 saturated heterocycles. The van der Waals surface area contributed by atoms with Gasteiger partial charge in [-0.05, 0) is 20.3 Å². The average molecular weight is 253 g/mol. The smallest absolute Gasteiger partial charge is 0.317 e. The lowest BCUT2D eigenvalue weighted by molar-refractivity contribution is -0.153. The molecule has 0 radical (unpaired) electrons. The number of halogens is 1. The predicted octanol–water partition coefficient (Wildman–Crippen LogP) is 2.53. The first kappa shape index (κ1) is 17.6. The van der Waals surface area contributed by atoms with Gasteiger partial charge in [-0.2, -0.15) is 0 Å².